The lowest BCUT2D eigenvalue weighted by molar-refractivity contribution is 0.137. The first-order valence-electron chi connectivity index (χ1n) is 6.21. The molecule has 0 spiro atoms. The van der Waals surface area contributed by atoms with Crippen molar-refractivity contribution in [3.8, 4) is 0 Å². The highest BCUT2D eigenvalue weighted by Gasteiger charge is 2.49. The van der Waals surface area contributed by atoms with Crippen LogP contribution < -0.4 is 0 Å². The lowest BCUT2D eigenvalue weighted by Gasteiger charge is -2.11. The predicted molar refractivity (Wildman–Crippen MR) is 73.4 cm³/mol. The molecule has 1 aliphatic rings. The Morgan fingerprint density at radius 3 is 2.82 bits per heavy atom. The molecule has 2 unspecified atom stereocenters. The van der Waals surface area contributed by atoms with Crippen molar-refractivity contribution in [1.82, 2.24) is 0 Å². The highest BCUT2D eigenvalue weighted by Crippen LogP contribution is 2.54. The van der Waals surface area contributed by atoms with E-state index in [4.69, 9.17) is 0 Å². The summed E-state index contributed by atoms with van der Waals surface area (Å²) >= 11 is 1.78. The zero-order valence-electron chi connectivity index (χ0n) is 10.3. The number of aliphatic hydroxyl groups is 1. The van der Waals surface area contributed by atoms with E-state index in [9.17, 15) is 5.11 Å². The number of fused-ring (bicyclic) bond motifs is 1. The molecule has 0 radical (unpaired) electrons. The molecule has 0 saturated heterocycles. The van der Waals surface area contributed by atoms with E-state index in [1.807, 2.05) is 0 Å². The average Bonchev–Trinajstić information content (AvgIpc) is 2.77. The molecule has 0 amide bonds. The number of hydrogen-bond acceptors (Lipinski definition) is 2. The summed E-state index contributed by atoms with van der Waals surface area (Å²) in [5, 5.41) is 13.8. The van der Waals surface area contributed by atoms with Gasteiger partial charge in [-0.2, -0.15) is 0 Å². The molecule has 90 valence electrons. The number of benzene rings is 1. The van der Waals surface area contributed by atoms with Gasteiger partial charge in [-0.15, -0.1) is 11.3 Å². The second-order valence-electron chi connectivity index (χ2n) is 5.83. The van der Waals surface area contributed by atoms with Crippen molar-refractivity contribution in [2.24, 2.45) is 11.3 Å². The van der Waals surface area contributed by atoms with Crippen LogP contribution in [0.25, 0.3) is 10.1 Å². The van der Waals surface area contributed by atoms with E-state index in [0.29, 0.717) is 11.3 Å². The fourth-order valence-electron chi connectivity index (χ4n) is 2.72. The lowest BCUT2D eigenvalue weighted by Crippen LogP contribution is -2.15. The van der Waals surface area contributed by atoms with Crippen LogP contribution >= 0.6 is 11.3 Å². The maximum Gasteiger partial charge on any atom is 0.0614 e. The molecule has 0 aliphatic heterocycles. The van der Waals surface area contributed by atoms with Gasteiger partial charge in [-0.25, -0.2) is 0 Å². The molecule has 1 aromatic carbocycles. The summed E-state index contributed by atoms with van der Waals surface area (Å²) in [5.74, 6) is 0.487. The molecule has 1 heterocycles. The maximum absolute atomic E-state index is 10.3. The van der Waals surface area contributed by atoms with Crippen LogP contribution in [0.15, 0.2) is 29.6 Å². The van der Waals surface area contributed by atoms with Crippen molar-refractivity contribution < 1.29 is 5.11 Å². The molecule has 2 atom stereocenters. The molecular formula is C15H18OS. The fraction of sp³-hybridized carbons (Fsp3) is 0.467. The van der Waals surface area contributed by atoms with Crippen LogP contribution in [-0.2, 0) is 6.42 Å². The van der Waals surface area contributed by atoms with E-state index in [-0.39, 0.29) is 6.10 Å². The summed E-state index contributed by atoms with van der Waals surface area (Å²) in [6.45, 7) is 4.49. The first kappa shape index (κ1) is 11.2. The lowest BCUT2D eigenvalue weighted by atomic mass is 9.99. The molecule has 3 rings (SSSR count). The van der Waals surface area contributed by atoms with E-state index < -0.39 is 0 Å². The summed E-state index contributed by atoms with van der Waals surface area (Å²) in [4.78, 5) is 0. The Labute approximate surface area is 106 Å². The van der Waals surface area contributed by atoms with Gasteiger partial charge in [-0.05, 0) is 40.1 Å². The topological polar surface area (TPSA) is 20.2 Å². The zero-order chi connectivity index (χ0) is 12.0. The summed E-state index contributed by atoms with van der Waals surface area (Å²) in [6, 6.07) is 8.46. The first-order valence-corrected chi connectivity index (χ1v) is 7.09. The van der Waals surface area contributed by atoms with Gasteiger partial charge in [0.05, 0.1) is 6.10 Å². The highest BCUT2D eigenvalue weighted by molar-refractivity contribution is 7.17. The van der Waals surface area contributed by atoms with Crippen LogP contribution in [0.1, 0.15) is 25.8 Å². The molecule has 0 bridgehead atoms. The first-order chi connectivity index (χ1) is 8.08. The van der Waals surface area contributed by atoms with Gasteiger partial charge in [0, 0.05) is 11.1 Å². The maximum atomic E-state index is 10.3. The Balaban J connectivity index is 1.81. The van der Waals surface area contributed by atoms with Crippen molar-refractivity contribution in [2.45, 2.75) is 32.8 Å². The number of thiophene rings is 1. The van der Waals surface area contributed by atoms with Gasteiger partial charge in [-0.3, -0.25) is 0 Å². The van der Waals surface area contributed by atoms with E-state index in [1.165, 1.54) is 15.6 Å². The molecule has 1 saturated carbocycles. The number of rotatable bonds is 3. The summed E-state index contributed by atoms with van der Waals surface area (Å²) in [5.41, 5.74) is 1.66. The van der Waals surface area contributed by atoms with Gasteiger partial charge in [0.1, 0.15) is 0 Å². The van der Waals surface area contributed by atoms with Crippen LogP contribution in [-0.4, -0.2) is 11.2 Å². The van der Waals surface area contributed by atoms with E-state index in [0.717, 1.165) is 12.8 Å². The zero-order valence-corrected chi connectivity index (χ0v) is 11.1. The second-order valence-corrected chi connectivity index (χ2v) is 6.74. The average molecular weight is 246 g/mol. The van der Waals surface area contributed by atoms with Crippen LogP contribution in [0.5, 0.6) is 0 Å². The Kier molecular flexibility index (Phi) is 2.53. The van der Waals surface area contributed by atoms with Crippen LogP contribution in [0.3, 0.4) is 0 Å². The molecule has 1 aliphatic carbocycles. The van der Waals surface area contributed by atoms with Crippen LogP contribution in [0.2, 0.25) is 0 Å². The largest absolute Gasteiger partial charge is 0.392 e. The number of aliphatic hydroxyl groups excluding tert-OH is 1. The van der Waals surface area contributed by atoms with Gasteiger partial charge in [0.25, 0.3) is 0 Å². The molecule has 1 N–H and O–H groups in total. The Hall–Kier alpha value is -0.860. The highest BCUT2D eigenvalue weighted by atomic mass is 32.1. The van der Waals surface area contributed by atoms with E-state index in [1.54, 1.807) is 11.3 Å². The van der Waals surface area contributed by atoms with Gasteiger partial charge in [0.2, 0.25) is 0 Å². The third kappa shape index (κ3) is 2.00. The third-order valence-corrected chi connectivity index (χ3v) is 5.06. The predicted octanol–water partition coefficient (Wildman–Crippen LogP) is 3.85. The minimum atomic E-state index is -0.178. The molecule has 1 fully saturated rings. The van der Waals surface area contributed by atoms with Crippen molar-refractivity contribution in [1.29, 1.82) is 0 Å². The normalized spacial score (nSPS) is 23.8. The van der Waals surface area contributed by atoms with E-state index >= 15 is 0 Å². The molecule has 17 heavy (non-hydrogen) atoms. The van der Waals surface area contributed by atoms with Gasteiger partial charge in [0.15, 0.2) is 0 Å². The van der Waals surface area contributed by atoms with Crippen molar-refractivity contribution in [2.75, 3.05) is 0 Å². The van der Waals surface area contributed by atoms with E-state index in [2.05, 4.69) is 43.5 Å². The van der Waals surface area contributed by atoms with Crippen molar-refractivity contribution in [3.63, 3.8) is 0 Å². The Morgan fingerprint density at radius 2 is 2.12 bits per heavy atom. The SMILES string of the molecule is CC1(C)CC1C(O)Cc1csc2ccccc12. The quantitative estimate of drug-likeness (QED) is 0.872. The fourth-order valence-corrected chi connectivity index (χ4v) is 3.70. The Bertz CT molecular complexity index is 541. The minimum absolute atomic E-state index is 0.178. The molecule has 2 heteroatoms. The van der Waals surface area contributed by atoms with Crippen LogP contribution in [0, 0.1) is 11.3 Å². The smallest absolute Gasteiger partial charge is 0.0614 e. The standard InChI is InChI=1S/C15H18OS/c1-15(2)8-12(15)13(16)7-10-9-17-14-6-4-3-5-11(10)14/h3-6,9,12-13,16H,7-8H2,1-2H3. The van der Waals surface area contributed by atoms with Crippen molar-refractivity contribution in [3.05, 3.63) is 35.2 Å². The van der Waals surface area contributed by atoms with Gasteiger partial charge in [-0.1, -0.05) is 32.0 Å². The van der Waals surface area contributed by atoms with Crippen LogP contribution in [0.4, 0.5) is 0 Å². The second kappa shape index (κ2) is 3.82. The molecular weight excluding hydrogens is 228 g/mol. The molecule has 1 nitrogen and oxygen atoms in total. The van der Waals surface area contributed by atoms with Crippen molar-refractivity contribution >= 4 is 21.4 Å². The summed E-state index contributed by atoms with van der Waals surface area (Å²) in [6.07, 6.45) is 1.79. The third-order valence-electron chi connectivity index (χ3n) is 4.04. The minimum Gasteiger partial charge on any atom is -0.392 e. The molecule has 2 aromatic rings. The Morgan fingerprint density at radius 1 is 1.41 bits per heavy atom. The molecule has 1 aromatic heterocycles. The number of hydrogen-bond donors (Lipinski definition) is 1. The summed E-state index contributed by atoms with van der Waals surface area (Å²) in [7, 11) is 0. The van der Waals surface area contributed by atoms with Gasteiger partial charge >= 0.3 is 0 Å². The summed E-state index contributed by atoms with van der Waals surface area (Å²) < 4.78 is 1.32. The monoisotopic (exact) mass is 246 g/mol. The van der Waals surface area contributed by atoms with Gasteiger partial charge < -0.3 is 5.11 Å².